The molecule has 1 heterocycles. The fourth-order valence-corrected chi connectivity index (χ4v) is 3.17. The molecule has 2 aromatic carbocycles. The van der Waals surface area contributed by atoms with Crippen molar-refractivity contribution >= 4 is 17.6 Å². The first-order valence-corrected chi connectivity index (χ1v) is 10.3. The van der Waals surface area contributed by atoms with Gasteiger partial charge in [0.15, 0.2) is 5.69 Å². The van der Waals surface area contributed by atoms with Crippen LogP contribution in [0.5, 0.6) is 0 Å². The lowest BCUT2D eigenvalue weighted by Crippen LogP contribution is -2.11. The maximum atomic E-state index is 12.3. The first kappa shape index (κ1) is 21.3. The number of amides is 1. The number of hydrogen-bond donors (Lipinski definition) is 1. The Morgan fingerprint density at radius 2 is 1.87 bits per heavy atom. The summed E-state index contributed by atoms with van der Waals surface area (Å²) in [7, 11) is 0. The van der Waals surface area contributed by atoms with Gasteiger partial charge in [-0.15, -0.1) is 0 Å². The highest BCUT2D eigenvalue weighted by Crippen LogP contribution is 2.27. The molecular formula is C24H27N3O3. The van der Waals surface area contributed by atoms with Crippen LogP contribution >= 0.6 is 0 Å². The number of esters is 1. The Bertz CT molecular complexity index is 1040. The zero-order valence-electron chi connectivity index (χ0n) is 17.6. The van der Waals surface area contributed by atoms with Crippen LogP contribution in [0.25, 0.3) is 16.9 Å². The van der Waals surface area contributed by atoms with Crippen molar-refractivity contribution < 1.29 is 14.3 Å². The van der Waals surface area contributed by atoms with Crippen LogP contribution in [0.1, 0.15) is 49.2 Å². The molecule has 0 saturated carbocycles. The standard InChI is InChI=1S/C24H27N3O3/c1-4-6-13-23(28)25-19-11-8-10-18(15-19)22-16-21(24(29)30-5-2)26-27(22)20-12-7-9-17(3)14-20/h7-12,14-16H,4-6,13H2,1-3H3,(H,25,28). The highest BCUT2D eigenvalue weighted by Gasteiger charge is 2.18. The minimum atomic E-state index is -0.464. The number of carbonyl (C=O) groups is 2. The minimum Gasteiger partial charge on any atom is -0.461 e. The number of unbranched alkanes of at least 4 members (excludes halogenated alkanes) is 1. The van der Waals surface area contributed by atoms with Crippen LogP contribution in [-0.2, 0) is 9.53 Å². The predicted octanol–water partition coefficient (Wildman–Crippen LogP) is 5.15. The molecule has 30 heavy (non-hydrogen) atoms. The molecule has 0 aliphatic rings. The van der Waals surface area contributed by atoms with Crippen molar-refractivity contribution in [2.45, 2.75) is 40.0 Å². The predicted molar refractivity (Wildman–Crippen MR) is 118 cm³/mol. The first-order chi connectivity index (χ1) is 14.5. The Balaban J connectivity index is 2.01. The van der Waals surface area contributed by atoms with Crippen LogP contribution in [-0.4, -0.2) is 28.3 Å². The Labute approximate surface area is 176 Å². The van der Waals surface area contributed by atoms with Crippen molar-refractivity contribution in [3.8, 4) is 16.9 Å². The summed E-state index contributed by atoms with van der Waals surface area (Å²) in [5.74, 6) is -0.470. The maximum Gasteiger partial charge on any atom is 0.358 e. The van der Waals surface area contributed by atoms with E-state index >= 15 is 0 Å². The number of benzene rings is 2. The van der Waals surface area contributed by atoms with Gasteiger partial charge in [-0.3, -0.25) is 4.79 Å². The molecule has 0 aliphatic carbocycles. The Morgan fingerprint density at radius 1 is 1.07 bits per heavy atom. The summed E-state index contributed by atoms with van der Waals surface area (Å²) in [6.07, 6.45) is 2.32. The molecule has 0 bridgehead atoms. The molecule has 3 aromatic rings. The van der Waals surface area contributed by atoms with Crippen LogP contribution in [0.2, 0.25) is 0 Å². The number of aromatic nitrogens is 2. The highest BCUT2D eigenvalue weighted by molar-refractivity contribution is 5.92. The van der Waals surface area contributed by atoms with Crippen molar-refractivity contribution in [1.29, 1.82) is 0 Å². The number of nitrogens with one attached hydrogen (secondary N) is 1. The van der Waals surface area contributed by atoms with Crippen molar-refractivity contribution in [3.63, 3.8) is 0 Å². The molecule has 0 spiro atoms. The minimum absolute atomic E-state index is 0.00611. The second kappa shape index (κ2) is 9.87. The molecule has 0 fully saturated rings. The quantitative estimate of drug-likeness (QED) is 0.526. The van der Waals surface area contributed by atoms with E-state index in [4.69, 9.17) is 4.74 Å². The van der Waals surface area contributed by atoms with Gasteiger partial charge in [0.1, 0.15) is 0 Å². The lowest BCUT2D eigenvalue weighted by molar-refractivity contribution is -0.116. The van der Waals surface area contributed by atoms with Gasteiger partial charge in [0.05, 0.1) is 18.0 Å². The van der Waals surface area contributed by atoms with E-state index < -0.39 is 5.97 Å². The van der Waals surface area contributed by atoms with Gasteiger partial charge in [0, 0.05) is 17.7 Å². The molecule has 0 atom stereocenters. The molecule has 1 amide bonds. The smallest absolute Gasteiger partial charge is 0.358 e. The summed E-state index contributed by atoms with van der Waals surface area (Å²) in [5, 5.41) is 7.45. The number of ether oxygens (including phenoxy) is 1. The molecule has 3 rings (SSSR count). The summed E-state index contributed by atoms with van der Waals surface area (Å²) in [5.41, 5.74) is 4.47. The van der Waals surface area contributed by atoms with Gasteiger partial charge in [0.25, 0.3) is 0 Å². The Kier molecular flexibility index (Phi) is 7.01. The van der Waals surface area contributed by atoms with E-state index in [2.05, 4.69) is 17.3 Å². The average molecular weight is 405 g/mol. The molecule has 156 valence electrons. The molecule has 0 unspecified atom stereocenters. The summed E-state index contributed by atoms with van der Waals surface area (Å²) >= 11 is 0. The third-order valence-corrected chi connectivity index (χ3v) is 4.64. The number of hydrogen-bond acceptors (Lipinski definition) is 4. The van der Waals surface area contributed by atoms with Crippen LogP contribution in [0.3, 0.4) is 0 Å². The molecule has 1 N–H and O–H groups in total. The summed E-state index contributed by atoms with van der Waals surface area (Å²) < 4.78 is 6.87. The normalized spacial score (nSPS) is 10.6. The van der Waals surface area contributed by atoms with Gasteiger partial charge in [-0.25, -0.2) is 9.48 Å². The van der Waals surface area contributed by atoms with Gasteiger partial charge in [0.2, 0.25) is 5.91 Å². The van der Waals surface area contributed by atoms with Gasteiger partial charge >= 0.3 is 5.97 Å². The highest BCUT2D eigenvalue weighted by atomic mass is 16.5. The molecule has 6 heteroatoms. The monoisotopic (exact) mass is 405 g/mol. The van der Waals surface area contributed by atoms with Gasteiger partial charge < -0.3 is 10.1 Å². The lowest BCUT2D eigenvalue weighted by Gasteiger charge is -2.10. The largest absolute Gasteiger partial charge is 0.461 e. The van der Waals surface area contributed by atoms with Crippen molar-refractivity contribution in [1.82, 2.24) is 9.78 Å². The molecule has 0 aliphatic heterocycles. The second-order valence-electron chi connectivity index (χ2n) is 7.12. The number of aryl methyl sites for hydroxylation is 1. The van der Waals surface area contributed by atoms with Crippen LogP contribution in [0.4, 0.5) is 5.69 Å². The van der Waals surface area contributed by atoms with E-state index in [-0.39, 0.29) is 18.2 Å². The molecule has 6 nitrogen and oxygen atoms in total. The van der Waals surface area contributed by atoms with E-state index in [9.17, 15) is 9.59 Å². The SMILES string of the molecule is CCCCC(=O)Nc1cccc(-c2cc(C(=O)OCC)nn2-c2cccc(C)c2)c1. The van der Waals surface area contributed by atoms with Crippen molar-refractivity contribution in [3.05, 3.63) is 65.9 Å². The number of carbonyl (C=O) groups excluding carboxylic acids is 2. The van der Waals surface area contributed by atoms with Crippen molar-refractivity contribution in [2.24, 2.45) is 0 Å². The van der Waals surface area contributed by atoms with E-state index in [1.54, 1.807) is 17.7 Å². The average Bonchev–Trinajstić information content (AvgIpc) is 3.18. The number of rotatable bonds is 8. The summed E-state index contributed by atoms with van der Waals surface area (Å²) in [4.78, 5) is 24.4. The zero-order chi connectivity index (χ0) is 21.5. The van der Waals surface area contributed by atoms with E-state index in [1.165, 1.54) is 0 Å². The topological polar surface area (TPSA) is 73.2 Å². The molecule has 0 radical (unpaired) electrons. The maximum absolute atomic E-state index is 12.3. The van der Waals surface area contributed by atoms with Crippen LogP contribution < -0.4 is 5.32 Å². The summed E-state index contributed by atoms with van der Waals surface area (Å²) in [6, 6.07) is 17.2. The van der Waals surface area contributed by atoms with Crippen molar-refractivity contribution in [2.75, 3.05) is 11.9 Å². The van der Waals surface area contributed by atoms with E-state index in [1.807, 2.05) is 55.5 Å². The Morgan fingerprint density at radius 3 is 2.60 bits per heavy atom. The number of anilines is 1. The van der Waals surface area contributed by atoms with Crippen LogP contribution in [0.15, 0.2) is 54.6 Å². The van der Waals surface area contributed by atoms with Gasteiger partial charge in [-0.2, -0.15) is 5.10 Å². The zero-order valence-corrected chi connectivity index (χ0v) is 17.6. The number of nitrogens with zero attached hydrogens (tertiary/aromatic N) is 2. The Hall–Kier alpha value is -3.41. The molecule has 0 saturated heterocycles. The van der Waals surface area contributed by atoms with Crippen LogP contribution in [0, 0.1) is 6.92 Å². The second-order valence-corrected chi connectivity index (χ2v) is 7.12. The first-order valence-electron chi connectivity index (χ1n) is 10.3. The van der Waals surface area contributed by atoms with Gasteiger partial charge in [-0.1, -0.05) is 37.6 Å². The van der Waals surface area contributed by atoms with E-state index in [0.717, 1.165) is 35.3 Å². The van der Waals surface area contributed by atoms with Gasteiger partial charge in [-0.05, 0) is 56.2 Å². The third-order valence-electron chi connectivity index (χ3n) is 4.64. The third kappa shape index (κ3) is 5.14. The fraction of sp³-hybridized carbons (Fsp3) is 0.292. The lowest BCUT2D eigenvalue weighted by atomic mass is 10.1. The fourth-order valence-electron chi connectivity index (χ4n) is 3.17. The molecular weight excluding hydrogens is 378 g/mol. The summed E-state index contributed by atoms with van der Waals surface area (Å²) in [6.45, 7) is 6.11. The molecule has 1 aromatic heterocycles. The van der Waals surface area contributed by atoms with E-state index in [0.29, 0.717) is 12.1 Å².